The van der Waals surface area contributed by atoms with Crippen LogP contribution in [0.5, 0.6) is 0 Å². The Kier molecular flexibility index (Phi) is 31.0. The van der Waals surface area contributed by atoms with E-state index in [2.05, 4.69) is 26.1 Å². The summed E-state index contributed by atoms with van der Waals surface area (Å²) in [6.45, 7) is 9.98. The van der Waals surface area contributed by atoms with Gasteiger partial charge in [-0.15, -0.1) is 0 Å². The largest absolute Gasteiger partial charge is 0.466 e. The molecule has 0 heterocycles. The van der Waals surface area contributed by atoms with Crippen LogP contribution in [0.4, 0.5) is 0 Å². The van der Waals surface area contributed by atoms with Crippen LogP contribution in [-0.2, 0) is 14.3 Å². The molecule has 0 rings (SSSR count). The highest BCUT2D eigenvalue weighted by atomic mass is 16.5. The molecule has 0 aliphatic carbocycles. The van der Waals surface area contributed by atoms with Gasteiger partial charge in [0.2, 0.25) is 5.91 Å². The molecule has 0 saturated heterocycles. The minimum atomic E-state index is -0.00648. The SMILES string of the molecule is CCCCCCCC(=O)OCCCCCC.CCCCCCCCCCCC(=O)NCC. The standard InChI is InChI=1S/C14H29NO.C14H28O2/c1-3-5-6-7-8-9-10-11-12-13-14(16)15-4-2;1-3-5-7-9-10-12-14(15)16-13-11-8-6-4-2/h3-13H2,1-2H3,(H,15,16);3-13H2,1-2H3. The smallest absolute Gasteiger partial charge is 0.305 e. The van der Waals surface area contributed by atoms with Gasteiger partial charge < -0.3 is 10.1 Å². The minimum Gasteiger partial charge on any atom is -0.466 e. The van der Waals surface area contributed by atoms with E-state index in [0.29, 0.717) is 19.4 Å². The number of hydrogen-bond acceptors (Lipinski definition) is 3. The van der Waals surface area contributed by atoms with Crippen LogP contribution >= 0.6 is 0 Å². The quantitative estimate of drug-likeness (QED) is 0.131. The maximum atomic E-state index is 11.3. The predicted molar refractivity (Wildman–Crippen MR) is 139 cm³/mol. The highest BCUT2D eigenvalue weighted by Crippen LogP contribution is 2.10. The first-order chi connectivity index (χ1) is 15.6. The molecule has 0 aromatic heterocycles. The van der Waals surface area contributed by atoms with Crippen molar-refractivity contribution in [3.63, 3.8) is 0 Å². The summed E-state index contributed by atoms with van der Waals surface area (Å²) in [4.78, 5) is 22.4. The van der Waals surface area contributed by atoms with Gasteiger partial charge in [0.25, 0.3) is 0 Å². The van der Waals surface area contributed by atoms with Crippen LogP contribution in [0.15, 0.2) is 0 Å². The molecule has 192 valence electrons. The zero-order chi connectivity index (χ0) is 24.1. The molecule has 0 aliphatic heterocycles. The molecule has 0 aromatic rings. The van der Waals surface area contributed by atoms with Crippen LogP contribution in [0.2, 0.25) is 0 Å². The van der Waals surface area contributed by atoms with Gasteiger partial charge in [-0.1, -0.05) is 117 Å². The zero-order valence-corrected chi connectivity index (χ0v) is 22.3. The summed E-state index contributed by atoms with van der Waals surface area (Å²) in [5.74, 6) is 0.207. The minimum absolute atomic E-state index is 0.00648. The van der Waals surface area contributed by atoms with Crippen LogP contribution < -0.4 is 5.32 Å². The van der Waals surface area contributed by atoms with Gasteiger partial charge in [-0.05, 0) is 26.2 Å². The predicted octanol–water partition coefficient (Wildman–Crippen LogP) is 8.51. The Morgan fingerprint density at radius 1 is 0.531 bits per heavy atom. The monoisotopic (exact) mass is 455 g/mol. The van der Waals surface area contributed by atoms with E-state index in [1.165, 1.54) is 96.3 Å². The number of esters is 1. The Morgan fingerprint density at radius 3 is 1.41 bits per heavy atom. The van der Waals surface area contributed by atoms with E-state index < -0.39 is 0 Å². The Hall–Kier alpha value is -1.06. The number of carbonyl (C=O) groups is 2. The average molecular weight is 456 g/mol. The van der Waals surface area contributed by atoms with Crippen LogP contribution in [0, 0.1) is 0 Å². The van der Waals surface area contributed by atoms with Crippen LogP contribution in [0.1, 0.15) is 156 Å². The molecular formula is C28H57NO3. The molecule has 0 aliphatic rings. The maximum absolute atomic E-state index is 11.3. The van der Waals surface area contributed by atoms with Gasteiger partial charge in [-0.2, -0.15) is 0 Å². The summed E-state index contributed by atoms with van der Waals surface area (Å²) < 4.78 is 5.16. The van der Waals surface area contributed by atoms with Gasteiger partial charge in [0.05, 0.1) is 6.61 Å². The van der Waals surface area contributed by atoms with Crippen molar-refractivity contribution >= 4 is 11.9 Å². The number of hydrogen-bond donors (Lipinski definition) is 1. The first-order valence-corrected chi connectivity index (χ1v) is 14.0. The second-order valence-corrected chi connectivity index (χ2v) is 8.98. The van der Waals surface area contributed by atoms with E-state index in [4.69, 9.17) is 4.74 Å². The molecule has 1 N–H and O–H groups in total. The van der Waals surface area contributed by atoms with Crippen molar-refractivity contribution in [2.24, 2.45) is 0 Å². The summed E-state index contributed by atoms with van der Waals surface area (Å²) in [7, 11) is 0. The molecule has 0 spiro atoms. The summed E-state index contributed by atoms with van der Waals surface area (Å²) in [5, 5.41) is 2.83. The van der Waals surface area contributed by atoms with E-state index in [-0.39, 0.29) is 11.9 Å². The molecule has 0 radical (unpaired) electrons. The molecule has 1 amide bonds. The van der Waals surface area contributed by atoms with E-state index >= 15 is 0 Å². The number of unbranched alkanes of at least 4 members (excludes halogenated alkanes) is 15. The summed E-state index contributed by atoms with van der Waals surface area (Å²) in [6.07, 6.45) is 23.7. The number of ether oxygens (including phenoxy) is 1. The fourth-order valence-corrected chi connectivity index (χ4v) is 3.54. The molecule has 0 aromatic carbocycles. The van der Waals surface area contributed by atoms with Gasteiger partial charge >= 0.3 is 5.97 Å². The Balaban J connectivity index is 0. The van der Waals surface area contributed by atoms with Crippen LogP contribution in [-0.4, -0.2) is 25.0 Å². The lowest BCUT2D eigenvalue weighted by atomic mass is 10.1. The lowest BCUT2D eigenvalue weighted by Crippen LogP contribution is -2.21. The second-order valence-electron chi connectivity index (χ2n) is 8.98. The lowest BCUT2D eigenvalue weighted by molar-refractivity contribution is -0.143. The van der Waals surface area contributed by atoms with Crippen molar-refractivity contribution in [1.29, 1.82) is 0 Å². The van der Waals surface area contributed by atoms with Crippen molar-refractivity contribution in [3.05, 3.63) is 0 Å². The van der Waals surface area contributed by atoms with Crippen LogP contribution in [0.3, 0.4) is 0 Å². The third-order valence-corrected chi connectivity index (χ3v) is 5.63. The summed E-state index contributed by atoms with van der Waals surface area (Å²) >= 11 is 0. The topological polar surface area (TPSA) is 55.4 Å². The van der Waals surface area contributed by atoms with Gasteiger partial charge in [0.15, 0.2) is 0 Å². The molecule has 4 nitrogen and oxygen atoms in total. The summed E-state index contributed by atoms with van der Waals surface area (Å²) in [6, 6.07) is 0. The first-order valence-electron chi connectivity index (χ1n) is 14.0. The van der Waals surface area contributed by atoms with Crippen molar-refractivity contribution in [1.82, 2.24) is 5.32 Å². The lowest BCUT2D eigenvalue weighted by Gasteiger charge is -2.04. The fourth-order valence-electron chi connectivity index (χ4n) is 3.54. The van der Waals surface area contributed by atoms with Gasteiger partial charge in [0, 0.05) is 19.4 Å². The molecule has 0 unspecified atom stereocenters. The van der Waals surface area contributed by atoms with Crippen molar-refractivity contribution in [2.45, 2.75) is 156 Å². The van der Waals surface area contributed by atoms with Crippen LogP contribution in [0.25, 0.3) is 0 Å². The average Bonchev–Trinajstić information content (AvgIpc) is 2.78. The van der Waals surface area contributed by atoms with Gasteiger partial charge in [0.1, 0.15) is 0 Å². The molecule has 32 heavy (non-hydrogen) atoms. The number of nitrogens with one attached hydrogen (secondary N) is 1. The normalized spacial score (nSPS) is 10.4. The number of amides is 1. The molecule has 0 bridgehead atoms. The Labute approximate surface area is 201 Å². The van der Waals surface area contributed by atoms with E-state index in [9.17, 15) is 9.59 Å². The summed E-state index contributed by atoms with van der Waals surface area (Å²) in [5.41, 5.74) is 0. The highest BCUT2D eigenvalue weighted by Gasteiger charge is 2.02. The Morgan fingerprint density at radius 2 is 0.938 bits per heavy atom. The van der Waals surface area contributed by atoms with E-state index in [0.717, 1.165) is 25.8 Å². The van der Waals surface area contributed by atoms with E-state index in [1.807, 2.05) is 6.92 Å². The first kappa shape index (κ1) is 33.1. The zero-order valence-electron chi connectivity index (χ0n) is 22.3. The van der Waals surface area contributed by atoms with Crippen molar-refractivity contribution in [2.75, 3.05) is 13.2 Å². The Bertz CT molecular complexity index is 369. The molecule has 0 fully saturated rings. The molecule has 4 heteroatoms. The number of carbonyl (C=O) groups excluding carboxylic acids is 2. The molecule has 0 saturated carbocycles. The third kappa shape index (κ3) is 31.1. The van der Waals surface area contributed by atoms with Crippen molar-refractivity contribution < 1.29 is 14.3 Å². The third-order valence-electron chi connectivity index (χ3n) is 5.63. The molecular weight excluding hydrogens is 398 g/mol. The van der Waals surface area contributed by atoms with Gasteiger partial charge in [-0.25, -0.2) is 0 Å². The van der Waals surface area contributed by atoms with Crippen molar-refractivity contribution in [3.8, 4) is 0 Å². The van der Waals surface area contributed by atoms with Gasteiger partial charge in [-0.3, -0.25) is 9.59 Å². The highest BCUT2D eigenvalue weighted by molar-refractivity contribution is 5.75. The fraction of sp³-hybridized carbons (Fsp3) is 0.929. The van der Waals surface area contributed by atoms with E-state index in [1.54, 1.807) is 0 Å². The second kappa shape index (κ2) is 29.9. The number of rotatable bonds is 22. The molecule has 0 atom stereocenters. The maximum Gasteiger partial charge on any atom is 0.305 e.